The molecule has 3 aromatic rings. The summed E-state index contributed by atoms with van der Waals surface area (Å²) in [5.74, 6) is 1.50. The van der Waals surface area contributed by atoms with Gasteiger partial charge in [0.25, 0.3) is 5.52 Å². The van der Waals surface area contributed by atoms with E-state index in [1.54, 1.807) is 0 Å². The van der Waals surface area contributed by atoms with Crippen molar-refractivity contribution < 1.29 is 8.98 Å². The Labute approximate surface area is 145 Å². The van der Waals surface area contributed by atoms with Gasteiger partial charge < -0.3 is 4.42 Å². The third-order valence-corrected chi connectivity index (χ3v) is 4.86. The van der Waals surface area contributed by atoms with Gasteiger partial charge in [0.1, 0.15) is 5.41 Å². The number of fused-ring (bicyclic) bond motifs is 1. The summed E-state index contributed by atoms with van der Waals surface area (Å²) in [6.45, 7) is 13.5. The van der Waals surface area contributed by atoms with Gasteiger partial charge in [-0.05, 0) is 50.8 Å². The molecule has 1 heterocycles. The zero-order chi connectivity index (χ0) is 17.5. The molecule has 0 amide bonds. The van der Waals surface area contributed by atoms with Crippen LogP contribution in [0, 0.1) is 0 Å². The summed E-state index contributed by atoms with van der Waals surface area (Å²) in [7, 11) is 0. The highest BCUT2D eigenvalue weighted by molar-refractivity contribution is 5.68. The lowest BCUT2D eigenvalue weighted by Crippen LogP contribution is -2.44. The molecule has 0 aliphatic rings. The van der Waals surface area contributed by atoms with Crippen molar-refractivity contribution in [1.29, 1.82) is 0 Å². The van der Waals surface area contributed by atoms with Crippen molar-refractivity contribution in [3.63, 3.8) is 0 Å². The average molecular weight is 322 g/mol. The number of hydrogen-bond donors (Lipinski definition) is 0. The molecule has 0 spiro atoms. The standard InChI is InChI=1S/C22H28NO/c1-15(2)17-11-7-8-12-18(17)22(5,6)21-23(16(3)4)19-13-9-10-14-20(19)24-21/h7-16H,1-6H3/q+1. The van der Waals surface area contributed by atoms with Crippen LogP contribution in [0.25, 0.3) is 11.1 Å². The summed E-state index contributed by atoms with van der Waals surface area (Å²) in [4.78, 5) is 0. The normalized spacial score (nSPS) is 12.5. The molecule has 3 rings (SSSR count). The molecule has 0 N–H and O–H groups in total. The number of nitrogens with zero attached hydrogens (tertiary/aromatic N) is 1. The molecule has 0 radical (unpaired) electrons. The fraction of sp³-hybridized carbons (Fsp3) is 0.409. The second kappa shape index (κ2) is 6.08. The van der Waals surface area contributed by atoms with Crippen molar-refractivity contribution in [3.05, 3.63) is 65.5 Å². The van der Waals surface area contributed by atoms with Crippen LogP contribution >= 0.6 is 0 Å². The van der Waals surface area contributed by atoms with Gasteiger partial charge in [-0.1, -0.05) is 50.2 Å². The molecular weight excluding hydrogens is 294 g/mol. The topological polar surface area (TPSA) is 17.0 Å². The Bertz CT molecular complexity index is 855. The van der Waals surface area contributed by atoms with Gasteiger partial charge in [-0.25, -0.2) is 0 Å². The molecule has 2 heteroatoms. The lowest BCUT2D eigenvalue weighted by atomic mass is 9.78. The van der Waals surface area contributed by atoms with Crippen LogP contribution in [0.2, 0.25) is 0 Å². The van der Waals surface area contributed by atoms with Gasteiger partial charge in [0, 0.05) is 6.07 Å². The number of para-hydroxylation sites is 2. The fourth-order valence-electron chi connectivity index (χ4n) is 3.63. The zero-order valence-electron chi connectivity index (χ0n) is 15.6. The quantitative estimate of drug-likeness (QED) is 0.559. The van der Waals surface area contributed by atoms with Crippen molar-refractivity contribution in [2.45, 2.75) is 58.9 Å². The van der Waals surface area contributed by atoms with E-state index in [9.17, 15) is 0 Å². The van der Waals surface area contributed by atoms with Crippen LogP contribution < -0.4 is 4.57 Å². The number of aromatic nitrogens is 1. The molecule has 2 aromatic carbocycles. The molecule has 0 bridgehead atoms. The first kappa shape index (κ1) is 16.8. The first-order valence-electron chi connectivity index (χ1n) is 8.87. The maximum Gasteiger partial charge on any atom is 0.358 e. The van der Waals surface area contributed by atoms with Crippen LogP contribution in [-0.4, -0.2) is 0 Å². The molecule has 0 aliphatic heterocycles. The molecule has 1 aromatic heterocycles. The summed E-state index contributed by atoms with van der Waals surface area (Å²) in [5, 5.41) is 0. The van der Waals surface area contributed by atoms with Gasteiger partial charge in [0.15, 0.2) is 6.04 Å². The van der Waals surface area contributed by atoms with Crippen molar-refractivity contribution in [1.82, 2.24) is 0 Å². The third-order valence-electron chi connectivity index (χ3n) is 4.86. The predicted octanol–water partition coefficient (Wildman–Crippen LogP) is 5.75. The Morgan fingerprint density at radius 2 is 1.50 bits per heavy atom. The van der Waals surface area contributed by atoms with E-state index in [2.05, 4.69) is 88.6 Å². The average Bonchev–Trinajstić information content (AvgIpc) is 2.95. The Kier molecular flexibility index (Phi) is 4.25. The second-order valence-corrected chi connectivity index (χ2v) is 7.71. The van der Waals surface area contributed by atoms with Crippen LogP contribution in [-0.2, 0) is 5.41 Å². The molecule has 0 fully saturated rings. The highest BCUT2D eigenvalue weighted by Crippen LogP contribution is 2.37. The molecule has 0 unspecified atom stereocenters. The van der Waals surface area contributed by atoms with Gasteiger partial charge in [-0.3, -0.25) is 0 Å². The largest absolute Gasteiger partial charge is 0.401 e. The molecule has 0 atom stereocenters. The van der Waals surface area contributed by atoms with E-state index < -0.39 is 0 Å². The van der Waals surface area contributed by atoms with Crippen LogP contribution in [0.15, 0.2) is 52.9 Å². The van der Waals surface area contributed by atoms with Crippen LogP contribution in [0.3, 0.4) is 0 Å². The summed E-state index contributed by atoms with van der Waals surface area (Å²) in [5.41, 5.74) is 4.64. The number of oxazole rings is 1. The minimum atomic E-state index is -0.204. The third kappa shape index (κ3) is 2.64. The Morgan fingerprint density at radius 3 is 2.17 bits per heavy atom. The predicted molar refractivity (Wildman–Crippen MR) is 99.5 cm³/mol. The molecular formula is C22H28NO+. The number of hydrogen-bond acceptors (Lipinski definition) is 1. The summed E-state index contributed by atoms with van der Waals surface area (Å²) >= 11 is 0. The zero-order valence-corrected chi connectivity index (χ0v) is 15.6. The molecule has 126 valence electrons. The van der Waals surface area contributed by atoms with Gasteiger partial charge in [-0.15, -0.1) is 0 Å². The van der Waals surface area contributed by atoms with Gasteiger partial charge in [-0.2, -0.15) is 4.57 Å². The number of benzene rings is 2. The van der Waals surface area contributed by atoms with Crippen molar-refractivity contribution in [3.8, 4) is 0 Å². The van der Waals surface area contributed by atoms with Crippen molar-refractivity contribution in [2.75, 3.05) is 0 Å². The van der Waals surface area contributed by atoms with E-state index in [-0.39, 0.29) is 5.41 Å². The van der Waals surface area contributed by atoms with Gasteiger partial charge >= 0.3 is 5.89 Å². The van der Waals surface area contributed by atoms with E-state index >= 15 is 0 Å². The summed E-state index contributed by atoms with van der Waals surface area (Å²) in [6, 6.07) is 17.4. The number of rotatable bonds is 4. The maximum atomic E-state index is 6.38. The van der Waals surface area contributed by atoms with E-state index in [0.717, 1.165) is 17.0 Å². The Hall–Kier alpha value is -2.09. The Morgan fingerprint density at radius 1 is 0.875 bits per heavy atom. The molecule has 24 heavy (non-hydrogen) atoms. The van der Waals surface area contributed by atoms with Gasteiger partial charge in [0.05, 0.1) is 0 Å². The van der Waals surface area contributed by atoms with Crippen LogP contribution in [0.4, 0.5) is 0 Å². The summed E-state index contributed by atoms with van der Waals surface area (Å²) < 4.78 is 8.72. The first-order valence-corrected chi connectivity index (χ1v) is 8.87. The lowest BCUT2D eigenvalue weighted by Gasteiger charge is -2.24. The lowest BCUT2D eigenvalue weighted by molar-refractivity contribution is -0.706. The van der Waals surface area contributed by atoms with E-state index in [1.807, 2.05) is 6.07 Å². The highest BCUT2D eigenvalue weighted by Gasteiger charge is 2.41. The monoisotopic (exact) mass is 322 g/mol. The second-order valence-electron chi connectivity index (χ2n) is 7.71. The van der Waals surface area contributed by atoms with E-state index in [0.29, 0.717) is 12.0 Å². The van der Waals surface area contributed by atoms with Gasteiger partial charge in [0.2, 0.25) is 5.58 Å². The van der Waals surface area contributed by atoms with E-state index in [1.165, 1.54) is 11.1 Å². The fourth-order valence-corrected chi connectivity index (χ4v) is 3.63. The first-order chi connectivity index (χ1) is 11.3. The highest BCUT2D eigenvalue weighted by atomic mass is 16.4. The molecule has 0 saturated heterocycles. The Balaban J connectivity index is 2.28. The smallest absolute Gasteiger partial charge is 0.358 e. The minimum Gasteiger partial charge on any atom is -0.401 e. The van der Waals surface area contributed by atoms with Crippen LogP contribution in [0.5, 0.6) is 0 Å². The maximum absolute atomic E-state index is 6.38. The minimum absolute atomic E-state index is 0.204. The molecule has 0 aliphatic carbocycles. The van der Waals surface area contributed by atoms with Crippen molar-refractivity contribution in [2.24, 2.45) is 0 Å². The molecule has 0 saturated carbocycles. The van der Waals surface area contributed by atoms with Crippen molar-refractivity contribution >= 4 is 11.1 Å². The van der Waals surface area contributed by atoms with E-state index in [4.69, 9.17) is 4.42 Å². The van der Waals surface area contributed by atoms with Crippen LogP contribution in [0.1, 0.15) is 70.5 Å². The summed E-state index contributed by atoms with van der Waals surface area (Å²) in [6.07, 6.45) is 0. The SMILES string of the molecule is CC(C)c1ccccc1C(C)(C)c1oc2ccccc2[n+]1C(C)C. The molecule has 2 nitrogen and oxygen atoms in total.